The number of imide groups is 1. The van der Waals surface area contributed by atoms with E-state index in [2.05, 4.69) is 16.0 Å². The van der Waals surface area contributed by atoms with Crippen LogP contribution in [0.15, 0.2) is 60.7 Å². The van der Waals surface area contributed by atoms with Gasteiger partial charge in [-0.25, -0.2) is 4.79 Å². The number of hydrogen-bond acceptors (Lipinski definition) is 12. The Hall–Kier alpha value is -5.55. The van der Waals surface area contributed by atoms with E-state index in [0.29, 0.717) is 38.4 Å². The summed E-state index contributed by atoms with van der Waals surface area (Å²) in [4.78, 5) is 83.5. The molecule has 3 aromatic rings. The van der Waals surface area contributed by atoms with E-state index in [1.807, 2.05) is 0 Å². The molecule has 52 heavy (non-hydrogen) atoms. The summed E-state index contributed by atoms with van der Waals surface area (Å²) in [7, 11) is -0.962. The minimum absolute atomic E-state index is 0.0995. The summed E-state index contributed by atoms with van der Waals surface area (Å²) in [5, 5.41) is 28.9. The first-order valence-electron chi connectivity index (χ1n) is 16.4. The van der Waals surface area contributed by atoms with Gasteiger partial charge in [0.2, 0.25) is 5.91 Å². The third kappa shape index (κ3) is 7.84. The van der Waals surface area contributed by atoms with Gasteiger partial charge in [-0.15, -0.1) is 5.06 Å². The van der Waals surface area contributed by atoms with E-state index in [1.54, 1.807) is 36.4 Å². The molecule has 0 aliphatic carbocycles. The molecule has 1 saturated heterocycles. The number of carbonyl (C=O) groups is 6. The Morgan fingerprint density at radius 2 is 1.35 bits per heavy atom. The summed E-state index contributed by atoms with van der Waals surface area (Å²) in [6, 6.07) is 12.0. The van der Waals surface area contributed by atoms with Crippen LogP contribution in [-0.4, -0.2) is 84.0 Å². The zero-order valence-electron chi connectivity index (χ0n) is 28.1. The van der Waals surface area contributed by atoms with Crippen LogP contribution in [0.1, 0.15) is 69.6 Å². The molecule has 5 amide bonds. The normalized spacial score (nSPS) is 16.5. The van der Waals surface area contributed by atoms with Crippen molar-refractivity contribution < 1.29 is 57.7 Å². The second-order valence-corrected chi connectivity index (χ2v) is 12.5. The van der Waals surface area contributed by atoms with Crippen LogP contribution in [0.5, 0.6) is 5.75 Å². The lowest BCUT2D eigenvalue weighted by Gasteiger charge is -2.28. The maximum absolute atomic E-state index is 14.2. The molecule has 6 rings (SSSR count). The Bertz CT molecular complexity index is 1910. The van der Waals surface area contributed by atoms with Crippen LogP contribution in [0.4, 0.5) is 0 Å². The summed E-state index contributed by atoms with van der Waals surface area (Å²) < 4.78 is 15.7. The van der Waals surface area contributed by atoms with Crippen molar-refractivity contribution in [2.75, 3.05) is 7.11 Å². The molecule has 0 aromatic heterocycles. The predicted molar refractivity (Wildman–Crippen MR) is 182 cm³/mol. The number of nitrogens with zero attached hydrogens (tertiary/aromatic N) is 1. The van der Waals surface area contributed by atoms with Crippen LogP contribution in [0.25, 0.3) is 0 Å². The molecular weight excluding hydrogens is 678 g/mol. The summed E-state index contributed by atoms with van der Waals surface area (Å²) >= 11 is 0. The van der Waals surface area contributed by atoms with Gasteiger partial charge in [-0.05, 0) is 70.9 Å². The largest absolute Gasteiger partial charge is 0.497 e. The van der Waals surface area contributed by atoms with Crippen molar-refractivity contribution in [3.05, 3.63) is 88.5 Å². The molecule has 0 radical (unpaired) electrons. The van der Waals surface area contributed by atoms with Crippen LogP contribution in [0.3, 0.4) is 0 Å². The minimum Gasteiger partial charge on any atom is -0.497 e. The summed E-state index contributed by atoms with van der Waals surface area (Å²) in [5.41, 5.74) is 2.91. The molecular formula is C34H34B2N4O12. The van der Waals surface area contributed by atoms with Crippen molar-refractivity contribution in [2.45, 2.75) is 57.5 Å². The molecule has 0 spiro atoms. The van der Waals surface area contributed by atoms with E-state index in [-0.39, 0.29) is 37.2 Å². The van der Waals surface area contributed by atoms with Gasteiger partial charge in [-0.1, -0.05) is 24.3 Å². The molecule has 3 aliphatic heterocycles. The quantitative estimate of drug-likeness (QED) is 0.112. The summed E-state index contributed by atoms with van der Waals surface area (Å²) in [5.74, 6) is -4.00. The molecule has 3 aliphatic rings. The molecule has 0 unspecified atom stereocenters. The Kier molecular flexibility index (Phi) is 10.7. The zero-order valence-corrected chi connectivity index (χ0v) is 28.1. The lowest BCUT2D eigenvalue weighted by atomic mass is 9.78. The average Bonchev–Trinajstić information content (AvgIpc) is 3.81. The van der Waals surface area contributed by atoms with Gasteiger partial charge >= 0.3 is 20.2 Å². The monoisotopic (exact) mass is 712 g/mol. The number of benzene rings is 3. The fourth-order valence-electron chi connectivity index (χ4n) is 6.04. The van der Waals surface area contributed by atoms with E-state index in [0.717, 1.165) is 0 Å². The predicted octanol–water partition coefficient (Wildman–Crippen LogP) is -1.10. The van der Waals surface area contributed by atoms with Gasteiger partial charge in [0.25, 0.3) is 23.6 Å². The smallest absolute Gasteiger partial charge is 0.491 e. The third-order valence-corrected chi connectivity index (χ3v) is 8.97. The highest BCUT2D eigenvalue weighted by atomic mass is 16.7. The zero-order chi connectivity index (χ0) is 37.1. The van der Waals surface area contributed by atoms with Crippen LogP contribution >= 0.6 is 0 Å². The molecule has 3 atom stereocenters. The second-order valence-electron chi connectivity index (χ2n) is 12.5. The van der Waals surface area contributed by atoms with Crippen molar-refractivity contribution in [1.29, 1.82) is 0 Å². The van der Waals surface area contributed by atoms with Gasteiger partial charge in [-0.3, -0.25) is 24.0 Å². The maximum atomic E-state index is 14.2. The molecule has 1 fully saturated rings. The highest BCUT2D eigenvalue weighted by Crippen LogP contribution is 2.23. The van der Waals surface area contributed by atoms with Gasteiger partial charge in [0.05, 0.1) is 38.8 Å². The lowest BCUT2D eigenvalue weighted by molar-refractivity contribution is -0.197. The molecule has 0 saturated carbocycles. The van der Waals surface area contributed by atoms with E-state index in [9.17, 15) is 38.8 Å². The van der Waals surface area contributed by atoms with E-state index >= 15 is 0 Å². The van der Waals surface area contributed by atoms with Gasteiger partial charge in [0, 0.05) is 24.0 Å². The first kappa shape index (κ1) is 36.2. The van der Waals surface area contributed by atoms with E-state index < -0.39 is 74.3 Å². The molecule has 3 heterocycles. The number of carbonyl (C=O) groups excluding carboxylic acids is 6. The number of hydroxylamine groups is 2. The van der Waals surface area contributed by atoms with Crippen molar-refractivity contribution in [2.24, 2.45) is 0 Å². The van der Waals surface area contributed by atoms with Gasteiger partial charge < -0.3 is 44.9 Å². The van der Waals surface area contributed by atoms with Crippen LogP contribution in [0.2, 0.25) is 0 Å². The summed E-state index contributed by atoms with van der Waals surface area (Å²) in [6.45, 7) is 1.84. The van der Waals surface area contributed by atoms with Crippen LogP contribution in [0, 0.1) is 0 Å². The number of methoxy groups -OCH3 is 1. The Labute approximate surface area is 298 Å². The third-order valence-electron chi connectivity index (χ3n) is 8.97. The Balaban J connectivity index is 1.26. The fraction of sp³-hybridized carbons (Fsp3) is 0.294. The van der Waals surface area contributed by atoms with Gasteiger partial charge in [-0.2, -0.15) is 0 Å². The maximum Gasteiger partial charge on any atom is 0.491 e. The first-order valence-corrected chi connectivity index (χ1v) is 16.4. The Morgan fingerprint density at radius 3 is 1.88 bits per heavy atom. The SMILES string of the molecule is COc1ccc([C@H](CC(=O)ON2C(=O)CCC2=O)NC(=O)[C@@H](NC(=O)c2ccc3c(c2)B(O)OC3)[C@H](C)NC(=O)c2ccc3c(c2)B(O)OC3)cc1. The standard InChI is InChI=1S/C34H34B2N4O12/c1-18(37-32(44)20-3-5-22-16-50-35(47)25(22)13-20)31(39-33(45)21-4-6-23-17-51-36(48)26(23)14-21)34(46)38-27(19-7-9-24(49-2)10-8-19)15-30(43)52-40-28(41)11-12-29(40)42/h3-10,13-14,18,27,31,47-48H,11-12,15-17H2,1-2H3,(H,37,44)(H,38,46)(H,39,45)/t18-,27-,31-/m0/s1. The van der Waals surface area contributed by atoms with Crippen molar-refractivity contribution >= 4 is 60.7 Å². The fourth-order valence-corrected chi connectivity index (χ4v) is 6.04. The minimum atomic E-state index is -1.45. The second kappa shape index (κ2) is 15.4. The number of hydrogen-bond donors (Lipinski definition) is 5. The summed E-state index contributed by atoms with van der Waals surface area (Å²) in [6.07, 6.45) is -0.740. The molecule has 5 N–H and O–H groups in total. The number of nitrogens with one attached hydrogen (secondary N) is 3. The molecule has 3 aromatic carbocycles. The molecule has 16 nitrogen and oxygen atoms in total. The first-order chi connectivity index (χ1) is 24.9. The van der Waals surface area contributed by atoms with Crippen molar-refractivity contribution in [3.63, 3.8) is 0 Å². The number of ether oxygens (including phenoxy) is 1. The van der Waals surface area contributed by atoms with Crippen LogP contribution < -0.4 is 31.6 Å². The van der Waals surface area contributed by atoms with E-state index in [1.165, 1.54) is 38.3 Å². The van der Waals surface area contributed by atoms with Crippen molar-refractivity contribution in [1.82, 2.24) is 21.0 Å². The van der Waals surface area contributed by atoms with Gasteiger partial charge in [0.1, 0.15) is 11.8 Å². The number of amides is 5. The van der Waals surface area contributed by atoms with Gasteiger partial charge in [0.15, 0.2) is 0 Å². The number of rotatable bonds is 12. The molecule has 18 heteroatoms. The molecule has 268 valence electrons. The Morgan fingerprint density at radius 1 is 0.808 bits per heavy atom. The van der Waals surface area contributed by atoms with Crippen molar-refractivity contribution in [3.8, 4) is 5.75 Å². The molecule has 0 bridgehead atoms. The average molecular weight is 712 g/mol. The lowest BCUT2D eigenvalue weighted by Crippen LogP contribution is -2.58. The van der Waals surface area contributed by atoms with E-state index in [4.69, 9.17) is 18.9 Å². The topological polar surface area (TPSA) is 219 Å². The highest BCUT2D eigenvalue weighted by molar-refractivity contribution is 6.62. The van der Waals surface area contributed by atoms with Crippen LogP contribution in [-0.2, 0) is 46.5 Å². The number of fused-ring (bicyclic) bond motifs is 2. The highest BCUT2D eigenvalue weighted by Gasteiger charge is 2.36.